The monoisotopic (exact) mass is 676 g/mol. The number of aromatic amines is 1. The molecule has 0 bridgehead atoms. The Morgan fingerprint density at radius 3 is 2.22 bits per heavy atom. The third kappa shape index (κ3) is 7.32. The molecule has 4 atom stereocenters. The molecule has 3 aliphatic heterocycles. The lowest BCUT2D eigenvalue weighted by atomic mass is 9.94. The van der Waals surface area contributed by atoms with Crippen molar-refractivity contribution < 1.29 is 19.1 Å². The zero-order valence-corrected chi connectivity index (χ0v) is 30.0. The van der Waals surface area contributed by atoms with Gasteiger partial charge in [-0.1, -0.05) is 58.6 Å². The lowest BCUT2D eigenvalue weighted by Gasteiger charge is -2.29. The molecule has 0 spiro atoms. The first kappa shape index (κ1) is 34.9. The molecule has 2 aromatic carbocycles. The smallest absolute Gasteiger partial charge is 0.407 e. The van der Waals surface area contributed by atoms with Crippen LogP contribution in [0, 0.1) is 29.6 Å². The Bertz CT molecular complexity index is 1880. The minimum absolute atomic E-state index is 0.0135. The van der Waals surface area contributed by atoms with E-state index < -0.39 is 12.1 Å². The largest absolute Gasteiger partial charge is 0.453 e. The van der Waals surface area contributed by atoms with E-state index in [1.54, 1.807) is 0 Å². The van der Waals surface area contributed by atoms with E-state index in [4.69, 9.17) is 14.7 Å². The van der Waals surface area contributed by atoms with Crippen LogP contribution in [0.2, 0.25) is 0 Å². The van der Waals surface area contributed by atoms with Crippen LogP contribution in [0.4, 0.5) is 4.79 Å². The van der Waals surface area contributed by atoms with Crippen LogP contribution in [0.15, 0.2) is 53.7 Å². The molecule has 3 aromatic rings. The molecule has 10 nitrogen and oxygen atoms in total. The predicted octanol–water partition coefficient (Wildman–Crippen LogP) is 6.48. The van der Waals surface area contributed by atoms with Crippen molar-refractivity contribution in [3.8, 4) is 11.8 Å². The molecule has 3 aliphatic rings. The van der Waals surface area contributed by atoms with Crippen LogP contribution in [-0.2, 0) is 14.3 Å². The number of rotatable bonds is 8. The highest BCUT2D eigenvalue weighted by molar-refractivity contribution is 6.03. The highest BCUT2D eigenvalue weighted by atomic mass is 16.5. The molecule has 3 amide bonds. The maximum absolute atomic E-state index is 13.5. The number of amides is 3. The van der Waals surface area contributed by atoms with Gasteiger partial charge in [-0.05, 0) is 79.0 Å². The van der Waals surface area contributed by atoms with Crippen molar-refractivity contribution in [2.24, 2.45) is 22.7 Å². The minimum atomic E-state index is -0.678. The Morgan fingerprint density at radius 1 is 0.880 bits per heavy atom. The summed E-state index contributed by atoms with van der Waals surface area (Å²) in [6.45, 7) is 11.5. The SMILES string of the molecule is COC(=O)N[C@H](C(=O)N1CCC[C@H]1c1nc2ccc(C#Cc3ccc(C4=CN=C([C@@H]5CCCN5C(=O)[C@@H](C)C(C)C)C4)cc3)cc2[nH]1)C(C)C. The second-order valence-corrected chi connectivity index (χ2v) is 14.4. The summed E-state index contributed by atoms with van der Waals surface area (Å²) in [6.07, 6.45) is 5.75. The van der Waals surface area contributed by atoms with E-state index in [1.807, 2.05) is 62.2 Å². The number of carbonyl (C=O) groups excluding carboxylic acids is 3. The molecule has 2 N–H and O–H groups in total. The molecule has 0 radical (unpaired) electrons. The molecule has 0 aliphatic carbocycles. The number of ether oxygens (including phenoxy) is 1. The van der Waals surface area contributed by atoms with Crippen molar-refractivity contribution >= 4 is 40.2 Å². The van der Waals surface area contributed by atoms with Crippen molar-refractivity contribution in [2.75, 3.05) is 20.2 Å². The first-order valence-electron chi connectivity index (χ1n) is 17.9. The maximum Gasteiger partial charge on any atom is 0.407 e. The molecule has 10 heteroatoms. The summed E-state index contributed by atoms with van der Waals surface area (Å²) in [5.74, 6) is 7.66. The van der Waals surface area contributed by atoms with Crippen LogP contribution in [0.1, 0.15) is 95.3 Å². The molecular weight excluding hydrogens is 628 g/mol. The quantitative estimate of drug-likeness (QED) is 0.265. The summed E-state index contributed by atoms with van der Waals surface area (Å²) >= 11 is 0. The van der Waals surface area contributed by atoms with E-state index in [0.29, 0.717) is 12.5 Å². The molecule has 0 unspecified atom stereocenters. The zero-order chi connectivity index (χ0) is 35.5. The number of nitrogens with one attached hydrogen (secondary N) is 2. The van der Waals surface area contributed by atoms with Gasteiger partial charge in [-0.25, -0.2) is 9.78 Å². The third-order valence-corrected chi connectivity index (χ3v) is 10.4. The number of hydrogen-bond acceptors (Lipinski definition) is 6. The van der Waals surface area contributed by atoms with E-state index in [9.17, 15) is 14.4 Å². The van der Waals surface area contributed by atoms with Gasteiger partial charge in [0.15, 0.2) is 0 Å². The van der Waals surface area contributed by atoms with Gasteiger partial charge in [0.2, 0.25) is 11.8 Å². The zero-order valence-electron chi connectivity index (χ0n) is 30.0. The van der Waals surface area contributed by atoms with Gasteiger partial charge in [0.1, 0.15) is 11.9 Å². The summed E-state index contributed by atoms with van der Waals surface area (Å²) in [6, 6.07) is 13.4. The van der Waals surface area contributed by atoms with Gasteiger partial charge in [-0.2, -0.15) is 0 Å². The Hall–Kier alpha value is -4.91. The number of hydrogen-bond donors (Lipinski definition) is 2. The van der Waals surface area contributed by atoms with Crippen LogP contribution in [0.5, 0.6) is 0 Å². The normalized spacial score (nSPS) is 20.1. The maximum atomic E-state index is 13.5. The molecule has 4 heterocycles. The summed E-state index contributed by atoms with van der Waals surface area (Å²) in [4.78, 5) is 55.5. The second-order valence-electron chi connectivity index (χ2n) is 14.4. The van der Waals surface area contributed by atoms with Gasteiger partial charge in [-0.3, -0.25) is 14.6 Å². The number of imidazole rings is 1. The number of aromatic nitrogens is 2. The standard InChI is InChI=1S/C40H48N6O4/c1-24(2)26(5)38(47)45-19-7-9-34(45)33-22-30(23-41-33)29-16-13-27(14-17-29)11-12-28-15-18-31-32(21-28)43-37(42-31)35-10-8-20-46(35)39(48)36(25(3)4)44-40(49)50-6/h13-18,21,23-26,34-36H,7-10,19-20,22H2,1-6H3,(H,42,43)(H,44,49)/t26-,34-,35-,36-/m0/s1. The summed E-state index contributed by atoms with van der Waals surface area (Å²) < 4.78 is 4.75. The minimum Gasteiger partial charge on any atom is -0.453 e. The van der Waals surface area contributed by atoms with Crippen LogP contribution < -0.4 is 5.32 Å². The Kier molecular flexibility index (Phi) is 10.4. The van der Waals surface area contributed by atoms with Gasteiger partial charge in [0.25, 0.3) is 0 Å². The van der Waals surface area contributed by atoms with Gasteiger partial charge < -0.3 is 24.8 Å². The molecule has 2 fully saturated rings. The van der Waals surface area contributed by atoms with E-state index in [1.165, 1.54) is 7.11 Å². The average molecular weight is 677 g/mol. The van der Waals surface area contributed by atoms with Crippen molar-refractivity contribution in [2.45, 2.75) is 84.8 Å². The summed E-state index contributed by atoms with van der Waals surface area (Å²) in [7, 11) is 1.29. The van der Waals surface area contributed by atoms with Gasteiger partial charge >= 0.3 is 6.09 Å². The van der Waals surface area contributed by atoms with Gasteiger partial charge in [0, 0.05) is 48.5 Å². The van der Waals surface area contributed by atoms with Crippen LogP contribution in [0.3, 0.4) is 0 Å². The van der Waals surface area contributed by atoms with E-state index in [-0.39, 0.29) is 35.7 Å². The van der Waals surface area contributed by atoms with Crippen molar-refractivity contribution in [3.05, 3.63) is 71.2 Å². The lowest BCUT2D eigenvalue weighted by Crippen LogP contribution is -2.51. The number of carbonyl (C=O) groups is 3. The number of likely N-dealkylation sites (tertiary alicyclic amines) is 2. The number of benzene rings is 2. The molecule has 2 saturated heterocycles. The first-order chi connectivity index (χ1) is 24.0. The summed E-state index contributed by atoms with van der Waals surface area (Å²) in [5, 5.41) is 2.70. The topological polar surface area (TPSA) is 120 Å². The molecule has 50 heavy (non-hydrogen) atoms. The van der Waals surface area contributed by atoms with Gasteiger partial charge in [-0.15, -0.1) is 0 Å². The molecule has 1 aromatic heterocycles. The Morgan fingerprint density at radius 2 is 1.54 bits per heavy atom. The highest BCUT2D eigenvalue weighted by Gasteiger charge is 2.38. The fourth-order valence-corrected chi connectivity index (χ4v) is 7.12. The number of nitrogens with zero attached hydrogens (tertiary/aromatic N) is 4. The second kappa shape index (κ2) is 14.9. The lowest BCUT2D eigenvalue weighted by molar-refractivity contribution is -0.136. The third-order valence-electron chi connectivity index (χ3n) is 10.4. The highest BCUT2D eigenvalue weighted by Crippen LogP contribution is 2.34. The summed E-state index contributed by atoms with van der Waals surface area (Å²) in [5.41, 5.74) is 6.82. The van der Waals surface area contributed by atoms with Gasteiger partial charge in [0.05, 0.1) is 30.2 Å². The molecule has 262 valence electrons. The fraction of sp³-hybridized carbons (Fsp3) is 0.475. The van der Waals surface area contributed by atoms with Crippen molar-refractivity contribution in [1.29, 1.82) is 0 Å². The molecule has 6 rings (SSSR count). The van der Waals surface area contributed by atoms with Crippen LogP contribution in [0.25, 0.3) is 16.6 Å². The van der Waals surface area contributed by atoms with Crippen molar-refractivity contribution in [1.82, 2.24) is 25.1 Å². The number of allylic oxidation sites excluding steroid dienone is 1. The Labute approximate surface area is 294 Å². The van der Waals surface area contributed by atoms with E-state index in [2.05, 4.69) is 53.0 Å². The number of methoxy groups -OCH3 is 1. The van der Waals surface area contributed by atoms with Crippen LogP contribution in [-0.4, -0.2) is 75.7 Å². The Balaban J connectivity index is 1.10. The van der Waals surface area contributed by atoms with Crippen molar-refractivity contribution in [3.63, 3.8) is 0 Å². The van der Waals surface area contributed by atoms with E-state index in [0.717, 1.165) is 83.5 Å². The number of H-pyrrole nitrogens is 1. The molecular formula is C40H48N6O4. The number of alkyl carbamates (subject to hydrolysis) is 1. The predicted molar refractivity (Wildman–Crippen MR) is 195 cm³/mol. The molecule has 0 saturated carbocycles. The fourth-order valence-electron chi connectivity index (χ4n) is 7.12. The van der Waals surface area contributed by atoms with E-state index >= 15 is 0 Å². The number of aliphatic imine (C=N–C) groups is 1. The van der Waals surface area contributed by atoms with Crippen LogP contribution >= 0.6 is 0 Å². The number of fused-ring (bicyclic) bond motifs is 1. The average Bonchev–Trinajstić information content (AvgIpc) is 3.94. The first-order valence-corrected chi connectivity index (χ1v) is 17.9.